The molecule has 2 aromatic carbocycles. The average Bonchev–Trinajstić information content (AvgIpc) is 3.41. The molecule has 2 bridgehead atoms. The number of imidazole rings is 1. The van der Waals surface area contributed by atoms with Crippen molar-refractivity contribution in [3.8, 4) is 11.3 Å². The van der Waals surface area contributed by atoms with E-state index in [1.165, 1.54) is 13.2 Å². The largest absolute Gasteiger partial charge is 0.453 e. The van der Waals surface area contributed by atoms with Crippen LogP contribution in [-0.2, 0) is 14.3 Å². The van der Waals surface area contributed by atoms with Gasteiger partial charge < -0.3 is 19.8 Å². The molecular weight excluding hydrogens is 609 g/mol. The summed E-state index contributed by atoms with van der Waals surface area (Å²) in [6, 6.07) is 7.67. The van der Waals surface area contributed by atoms with Crippen LogP contribution in [0, 0.1) is 5.82 Å². The third kappa shape index (κ3) is 5.78. The molecule has 1 saturated heterocycles. The van der Waals surface area contributed by atoms with Crippen molar-refractivity contribution in [3.63, 3.8) is 0 Å². The molecule has 13 heteroatoms. The molecule has 0 aliphatic carbocycles. The molecule has 1 unspecified atom stereocenters. The number of aromatic amines is 1. The fourth-order valence-corrected chi connectivity index (χ4v) is 5.69. The smallest absolute Gasteiger partial charge is 0.411 e. The van der Waals surface area contributed by atoms with Crippen molar-refractivity contribution in [2.24, 2.45) is 0 Å². The number of nitrogens with zero attached hydrogens (tertiary/aromatic N) is 2. The van der Waals surface area contributed by atoms with E-state index in [1.807, 2.05) is 0 Å². The number of anilines is 2. The normalized spacial score (nSPS) is 19.4. The summed E-state index contributed by atoms with van der Waals surface area (Å²) < 4.78 is 25.6. The lowest BCUT2D eigenvalue weighted by atomic mass is 10.0. The van der Waals surface area contributed by atoms with Gasteiger partial charge in [-0.3, -0.25) is 15.0 Å². The molecule has 3 heterocycles. The van der Waals surface area contributed by atoms with Gasteiger partial charge in [0, 0.05) is 46.9 Å². The van der Waals surface area contributed by atoms with E-state index in [0.717, 1.165) is 0 Å². The molecule has 0 saturated carbocycles. The van der Waals surface area contributed by atoms with E-state index in [0.29, 0.717) is 65.2 Å². The number of aromatic nitrogens is 2. The SMILES string of the molecule is COC(=O)Nc1ccc2c(c1)NC(=O)CCCC[C@H](N1CCC(c3c(Br)ccc(Cl)c3F)OC1=O)c1nc-2c[nH]1. The van der Waals surface area contributed by atoms with Gasteiger partial charge in [0.15, 0.2) is 0 Å². The maximum absolute atomic E-state index is 14.8. The van der Waals surface area contributed by atoms with E-state index in [2.05, 4.69) is 36.3 Å². The highest BCUT2D eigenvalue weighted by molar-refractivity contribution is 9.10. The van der Waals surface area contributed by atoms with Crippen LogP contribution in [0.5, 0.6) is 0 Å². The highest BCUT2D eigenvalue weighted by Crippen LogP contribution is 2.40. The molecule has 1 fully saturated rings. The third-order valence-corrected chi connectivity index (χ3v) is 7.92. The van der Waals surface area contributed by atoms with Crippen molar-refractivity contribution < 1.29 is 28.2 Å². The number of carbonyl (C=O) groups excluding carboxylic acids is 3. The molecule has 3 amide bonds. The molecule has 2 aliphatic heterocycles. The summed E-state index contributed by atoms with van der Waals surface area (Å²) in [5, 5.41) is 5.46. The van der Waals surface area contributed by atoms with Gasteiger partial charge in [-0.1, -0.05) is 34.0 Å². The van der Waals surface area contributed by atoms with Crippen molar-refractivity contribution >= 4 is 57.0 Å². The number of cyclic esters (lactones) is 1. The molecule has 210 valence electrons. The van der Waals surface area contributed by atoms with Crippen molar-refractivity contribution in [1.29, 1.82) is 0 Å². The van der Waals surface area contributed by atoms with Crippen LogP contribution in [0.3, 0.4) is 0 Å². The fourth-order valence-electron chi connectivity index (χ4n) is 4.96. The Labute approximate surface area is 242 Å². The van der Waals surface area contributed by atoms with E-state index in [9.17, 15) is 18.8 Å². The number of methoxy groups -OCH3 is 1. The summed E-state index contributed by atoms with van der Waals surface area (Å²) in [6.07, 6.45) is 2.09. The number of hydrogen-bond acceptors (Lipinski definition) is 6. The second kappa shape index (κ2) is 11.8. The van der Waals surface area contributed by atoms with Gasteiger partial charge in [-0.05, 0) is 43.2 Å². The first-order chi connectivity index (χ1) is 19.2. The number of fused-ring (bicyclic) bond motifs is 4. The second-order valence-corrected chi connectivity index (χ2v) is 10.7. The van der Waals surface area contributed by atoms with Gasteiger partial charge in [-0.2, -0.15) is 0 Å². The molecule has 40 heavy (non-hydrogen) atoms. The number of amides is 3. The molecule has 3 aromatic rings. The number of ether oxygens (including phenoxy) is 2. The summed E-state index contributed by atoms with van der Waals surface area (Å²) in [7, 11) is 1.26. The molecule has 1 aromatic heterocycles. The monoisotopic (exact) mass is 633 g/mol. The van der Waals surface area contributed by atoms with Gasteiger partial charge in [0.1, 0.15) is 17.7 Å². The van der Waals surface area contributed by atoms with Crippen LogP contribution in [0.15, 0.2) is 41.0 Å². The van der Waals surface area contributed by atoms with Gasteiger partial charge in [0.2, 0.25) is 5.91 Å². The van der Waals surface area contributed by atoms with E-state index in [-0.39, 0.29) is 22.9 Å². The van der Waals surface area contributed by atoms with Crippen LogP contribution in [-0.4, -0.2) is 46.6 Å². The number of hydrogen-bond donors (Lipinski definition) is 3. The first kappa shape index (κ1) is 27.9. The third-order valence-electron chi connectivity index (χ3n) is 6.93. The summed E-state index contributed by atoms with van der Waals surface area (Å²) in [6.45, 7) is 0.308. The van der Waals surface area contributed by atoms with E-state index < -0.39 is 30.1 Å². The van der Waals surface area contributed by atoms with E-state index >= 15 is 0 Å². The molecule has 10 nitrogen and oxygen atoms in total. The molecule has 0 spiro atoms. The van der Waals surface area contributed by atoms with Crippen LogP contribution < -0.4 is 10.6 Å². The summed E-state index contributed by atoms with van der Waals surface area (Å²) in [4.78, 5) is 47.2. The zero-order valence-electron chi connectivity index (χ0n) is 21.4. The molecule has 0 radical (unpaired) electrons. The van der Waals surface area contributed by atoms with Gasteiger partial charge >= 0.3 is 12.2 Å². The van der Waals surface area contributed by atoms with Crippen molar-refractivity contribution in [3.05, 3.63) is 63.2 Å². The number of halogens is 3. The number of benzene rings is 2. The summed E-state index contributed by atoms with van der Waals surface area (Å²) in [5.74, 6) is -0.236. The maximum atomic E-state index is 14.8. The number of nitrogens with one attached hydrogen (secondary N) is 3. The van der Waals surface area contributed by atoms with Gasteiger partial charge in [0.05, 0.1) is 29.6 Å². The minimum absolute atomic E-state index is 0.0448. The minimum Gasteiger partial charge on any atom is -0.453 e. The zero-order valence-corrected chi connectivity index (χ0v) is 23.8. The van der Waals surface area contributed by atoms with Crippen molar-refractivity contribution in [2.45, 2.75) is 44.2 Å². The predicted octanol–water partition coefficient (Wildman–Crippen LogP) is 6.95. The maximum Gasteiger partial charge on any atom is 0.411 e. The van der Waals surface area contributed by atoms with E-state index in [1.54, 1.807) is 35.4 Å². The Balaban J connectivity index is 1.43. The predicted molar refractivity (Wildman–Crippen MR) is 150 cm³/mol. The van der Waals surface area contributed by atoms with Crippen LogP contribution in [0.1, 0.15) is 55.6 Å². The van der Waals surface area contributed by atoms with Crippen molar-refractivity contribution in [2.75, 3.05) is 24.3 Å². The Morgan fingerprint density at radius 2 is 2.08 bits per heavy atom. The lowest BCUT2D eigenvalue weighted by Gasteiger charge is -2.37. The van der Waals surface area contributed by atoms with Crippen LogP contribution in [0.25, 0.3) is 11.3 Å². The first-order valence-corrected chi connectivity index (χ1v) is 13.9. The molecule has 2 atom stereocenters. The molecule has 2 aliphatic rings. The van der Waals surface area contributed by atoms with Gasteiger partial charge in [-0.15, -0.1) is 0 Å². The first-order valence-electron chi connectivity index (χ1n) is 12.7. The Morgan fingerprint density at radius 3 is 2.85 bits per heavy atom. The summed E-state index contributed by atoms with van der Waals surface area (Å²) >= 11 is 9.32. The Hall–Kier alpha value is -3.64. The number of H-pyrrole nitrogens is 1. The molecular formula is C27H26BrClFN5O5. The van der Waals surface area contributed by atoms with Gasteiger partial charge in [-0.25, -0.2) is 19.0 Å². The Morgan fingerprint density at radius 1 is 1.25 bits per heavy atom. The minimum atomic E-state index is -0.793. The van der Waals surface area contributed by atoms with E-state index in [4.69, 9.17) is 21.3 Å². The Kier molecular flexibility index (Phi) is 8.27. The lowest BCUT2D eigenvalue weighted by molar-refractivity contribution is -0.116. The highest BCUT2D eigenvalue weighted by Gasteiger charge is 2.37. The molecule has 3 N–H and O–H groups in total. The lowest BCUT2D eigenvalue weighted by Crippen LogP contribution is -2.42. The zero-order chi connectivity index (χ0) is 28.4. The Bertz CT molecular complexity index is 1470. The van der Waals surface area contributed by atoms with Crippen LogP contribution >= 0.6 is 27.5 Å². The summed E-state index contributed by atoms with van der Waals surface area (Å²) in [5.41, 5.74) is 2.31. The number of rotatable bonds is 3. The molecule has 5 rings (SSSR count). The van der Waals surface area contributed by atoms with Crippen molar-refractivity contribution in [1.82, 2.24) is 14.9 Å². The topological polar surface area (TPSA) is 126 Å². The second-order valence-electron chi connectivity index (χ2n) is 9.47. The fraction of sp³-hybridized carbons (Fsp3) is 0.333. The van der Waals surface area contributed by atoms with Crippen LogP contribution in [0.2, 0.25) is 5.02 Å². The quantitative estimate of drug-likeness (QED) is 0.268. The average molecular weight is 635 g/mol. The van der Waals surface area contributed by atoms with Crippen LogP contribution in [0.4, 0.5) is 25.4 Å². The number of carbonyl (C=O) groups is 3. The standard InChI is InChI=1S/C27H26BrClFN5O5/c1-39-26(37)32-14-6-7-15-18(12-14)33-22(36)5-3-2-4-20(25-31-13-19(15)34-25)35-11-10-21(40-27(35)38)23-16(28)8-9-17(29)24(23)30/h6-9,12-13,20-21H,2-5,10-11H2,1H3,(H,31,34)(H,32,37)(H,33,36)/t20-,21?/m0/s1. The van der Waals surface area contributed by atoms with Gasteiger partial charge in [0.25, 0.3) is 0 Å². The highest BCUT2D eigenvalue weighted by atomic mass is 79.9.